The number of nitriles is 1. The van der Waals surface area contributed by atoms with Crippen molar-refractivity contribution >= 4 is 39.1 Å². The molecule has 2 aromatic carbocycles. The minimum atomic E-state index is -3.69. The molecular formula is C18H17Cl2N3O3S. The number of sulfonamides is 1. The Bertz CT molecular complexity index is 955. The monoisotopic (exact) mass is 425 g/mol. The average molecular weight is 426 g/mol. The fraction of sp³-hybridized carbons (Fsp3) is 0.222. The second-order valence-electron chi connectivity index (χ2n) is 5.57. The Hall–Kier alpha value is -2.11. The maximum Gasteiger partial charge on any atom is 0.251 e. The van der Waals surface area contributed by atoms with E-state index in [0.717, 1.165) is 5.56 Å². The lowest BCUT2D eigenvalue weighted by Crippen LogP contribution is -2.26. The van der Waals surface area contributed by atoms with E-state index in [0.29, 0.717) is 28.6 Å². The van der Waals surface area contributed by atoms with E-state index >= 15 is 0 Å². The van der Waals surface area contributed by atoms with Crippen molar-refractivity contribution in [3.8, 4) is 6.07 Å². The van der Waals surface area contributed by atoms with Gasteiger partial charge in [-0.15, -0.1) is 0 Å². The maximum absolute atomic E-state index is 12.2. The van der Waals surface area contributed by atoms with Gasteiger partial charge in [-0.25, -0.2) is 13.1 Å². The highest BCUT2D eigenvalue weighted by molar-refractivity contribution is 7.89. The van der Waals surface area contributed by atoms with Gasteiger partial charge in [-0.2, -0.15) is 5.26 Å². The highest BCUT2D eigenvalue weighted by Crippen LogP contribution is 2.21. The summed E-state index contributed by atoms with van der Waals surface area (Å²) in [6.45, 7) is 0.407. The zero-order valence-electron chi connectivity index (χ0n) is 14.2. The van der Waals surface area contributed by atoms with Crippen LogP contribution < -0.4 is 10.0 Å². The second-order valence-corrected chi connectivity index (χ2v) is 8.18. The normalized spacial score (nSPS) is 11.0. The molecule has 2 rings (SSSR count). The lowest BCUT2D eigenvalue weighted by atomic mass is 10.1. The van der Waals surface area contributed by atoms with Crippen LogP contribution in [0.25, 0.3) is 0 Å². The fourth-order valence-electron chi connectivity index (χ4n) is 2.25. The molecule has 142 valence electrons. The summed E-state index contributed by atoms with van der Waals surface area (Å²) in [4.78, 5) is 12.2. The number of nitrogens with one attached hydrogen (secondary N) is 2. The van der Waals surface area contributed by atoms with Crippen LogP contribution in [0.4, 0.5) is 0 Å². The van der Waals surface area contributed by atoms with Crippen molar-refractivity contribution in [2.75, 3.05) is 13.1 Å². The topological polar surface area (TPSA) is 99.1 Å². The summed E-state index contributed by atoms with van der Waals surface area (Å²) in [5.74, 6) is -0.318. The number of benzene rings is 2. The van der Waals surface area contributed by atoms with Gasteiger partial charge in [0.05, 0.1) is 11.0 Å². The predicted molar refractivity (Wildman–Crippen MR) is 104 cm³/mol. The molecule has 2 N–H and O–H groups in total. The van der Waals surface area contributed by atoms with E-state index in [1.165, 1.54) is 24.3 Å². The van der Waals surface area contributed by atoms with E-state index in [-0.39, 0.29) is 23.8 Å². The predicted octanol–water partition coefficient (Wildman–Crippen LogP) is 3.16. The number of carbonyl (C=O) groups excluding carboxylic acids is 1. The molecule has 0 aliphatic carbocycles. The fourth-order valence-corrected chi connectivity index (χ4v) is 3.78. The number of amides is 1. The minimum absolute atomic E-state index is 0.0323. The third kappa shape index (κ3) is 6.22. The molecule has 6 nitrogen and oxygen atoms in total. The molecule has 0 atom stereocenters. The van der Waals surface area contributed by atoms with Crippen LogP contribution in [0.2, 0.25) is 10.0 Å². The summed E-state index contributed by atoms with van der Waals surface area (Å²) in [5.41, 5.74) is 1.21. The molecule has 0 heterocycles. The third-order valence-electron chi connectivity index (χ3n) is 3.65. The standard InChI is InChI=1S/C18H17Cl2N3O3S/c19-15-5-2-13(17(20)12-15)8-11-22-18(24)14-3-6-16(7-4-14)27(25,26)23-10-1-9-21/h2-7,12,23H,1,8,10-11H2,(H,22,24). The Morgan fingerprint density at radius 1 is 1.07 bits per heavy atom. The summed E-state index contributed by atoms with van der Waals surface area (Å²) in [5, 5.41) is 12.3. The molecule has 0 aromatic heterocycles. The first-order valence-corrected chi connectivity index (χ1v) is 10.3. The van der Waals surface area contributed by atoms with E-state index < -0.39 is 10.0 Å². The van der Waals surface area contributed by atoms with E-state index in [9.17, 15) is 13.2 Å². The summed E-state index contributed by atoms with van der Waals surface area (Å²) >= 11 is 11.9. The van der Waals surface area contributed by atoms with Crippen LogP contribution in [-0.2, 0) is 16.4 Å². The average Bonchev–Trinajstić information content (AvgIpc) is 2.63. The van der Waals surface area contributed by atoms with Crippen molar-refractivity contribution in [2.45, 2.75) is 17.7 Å². The SMILES string of the molecule is N#CCCNS(=O)(=O)c1ccc(C(=O)NCCc2ccc(Cl)cc2Cl)cc1. The quantitative estimate of drug-likeness (QED) is 0.634. The van der Waals surface area contributed by atoms with Gasteiger partial charge >= 0.3 is 0 Å². The molecule has 0 aliphatic heterocycles. The molecule has 0 unspecified atom stereocenters. The minimum Gasteiger partial charge on any atom is -0.352 e. The van der Waals surface area contributed by atoms with Crippen molar-refractivity contribution in [1.29, 1.82) is 5.26 Å². The van der Waals surface area contributed by atoms with Crippen LogP contribution in [-0.4, -0.2) is 27.4 Å². The number of halogens is 2. The van der Waals surface area contributed by atoms with Crippen LogP contribution in [0.15, 0.2) is 47.4 Å². The molecule has 0 fully saturated rings. The van der Waals surface area contributed by atoms with Gasteiger partial charge in [-0.3, -0.25) is 4.79 Å². The lowest BCUT2D eigenvalue weighted by Gasteiger charge is -2.08. The molecular weight excluding hydrogens is 409 g/mol. The van der Waals surface area contributed by atoms with E-state index in [1.807, 2.05) is 6.07 Å². The Labute approximate surface area is 168 Å². The molecule has 0 bridgehead atoms. The highest BCUT2D eigenvalue weighted by atomic mass is 35.5. The maximum atomic E-state index is 12.2. The summed E-state index contributed by atoms with van der Waals surface area (Å²) in [7, 11) is -3.69. The molecule has 0 saturated heterocycles. The van der Waals surface area contributed by atoms with Crippen LogP contribution in [0.3, 0.4) is 0 Å². The molecule has 1 amide bonds. The smallest absolute Gasteiger partial charge is 0.251 e. The highest BCUT2D eigenvalue weighted by Gasteiger charge is 2.14. The third-order valence-corrected chi connectivity index (χ3v) is 5.71. The van der Waals surface area contributed by atoms with Crippen molar-refractivity contribution in [3.05, 3.63) is 63.6 Å². The van der Waals surface area contributed by atoms with Crippen LogP contribution in [0, 0.1) is 11.3 Å². The van der Waals surface area contributed by atoms with Crippen LogP contribution in [0.1, 0.15) is 22.3 Å². The van der Waals surface area contributed by atoms with Gasteiger partial charge < -0.3 is 5.32 Å². The lowest BCUT2D eigenvalue weighted by molar-refractivity contribution is 0.0954. The zero-order valence-corrected chi connectivity index (χ0v) is 16.5. The molecule has 0 spiro atoms. The number of hydrogen-bond donors (Lipinski definition) is 2. The van der Waals surface area contributed by atoms with Gasteiger partial charge in [-0.05, 0) is 48.4 Å². The van der Waals surface area contributed by atoms with Gasteiger partial charge in [0, 0.05) is 35.1 Å². The number of rotatable bonds is 8. The zero-order chi connectivity index (χ0) is 19.9. The molecule has 9 heteroatoms. The Kier molecular flexibility index (Phi) is 7.63. The van der Waals surface area contributed by atoms with E-state index in [1.54, 1.807) is 18.2 Å². The first kappa shape index (κ1) is 21.2. The van der Waals surface area contributed by atoms with Crippen molar-refractivity contribution < 1.29 is 13.2 Å². The van der Waals surface area contributed by atoms with E-state index in [2.05, 4.69) is 10.0 Å². The molecule has 27 heavy (non-hydrogen) atoms. The van der Waals surface area contributed by atoms with Crippen molar-refractivity contribution in [1.82, 2.24) is 10.0 Å². The van der Waals surface area contributed by atoms with E-state index in [4.69, 9.17) is 28.5 Å². The van der Waals surface area contributed by atoms with Gasteiger partial charge in [0.2, 0.25) is 10.0 Å². The largest absolute Gasteiger partial charge is 0.352 e. The van der Waals surface area contributed by atoms with Gasteiger partial charge in [0.1, 0.15) is 0 Å². The van der Waals surface area contributed by atoms with Crippen molar-refractivity contribution in [3.63, 3.8) is 0 Å². The summed E-state index contributed by atoms with van der Waals surface area (Å²) in [6.07, 6.45) is 0.619. The Morgan fingerprint density at radius 2 is 1.78 bits per heavy atom. The van der Waals surface area contributed by atoms with Crippen LogP contribution in [0.5, 0.6) is 0 Å². The first-order chi connectivity index (χ1) is 12.8. The molecule has 0 aliphatic rings. The summed E-state index contributed by atoms with van der Waals surface area (Å²) in [6, 6.07) is 12.6. The number of carbonyl (C=O) groups is 1. The molecule has 0 saturated carbocycles. The summed E-state index contributed by atoms with van der Waals surface area (Å²) < 4.78 is 26.4. The van der Waals surface area contributed by atoms with Crippen LogP contribution >= 0.6 is 23.2 Å². The van der Waals surface area contributed by atoms with Crippen molar-refractivity contribution in [2.24, 2.45) is 0 Å². The molecule has 2 aromatic rings. The van der Waals surface area contributed by atoms with Gasteiger partial charge in [0.15, 0.2) is 0 Å². The Morgan fingerprint density at radius 3 is 2.41 bits per heavy atom. The van der Waals surface area contributed by atoms with Gasteiger partial charge in [-0.1, -0.05) is 29.3 Å². The Balaban J connectivity index is 1.92. The number of nitrogens with zero attached hydrogens (tertiary/aromatic N) is 1. The van der Waals surface area contributed by atoms with Gasteiger partial charge in [0.25, 0.3) is 5.91 Å². The molecule has 0 radical (unpaired) electrons. The first-order valence-electron chi connectivity index (χ1n) is 8.02. The second kappa shape index (κ2) is 9.72. The number of hydrogen-bond acceptors (Lipinski definition) is 4.